The average Bonchev–Trinajstić information content (AvgIpc) is 3.06. The third kappa shape index (κ3) is 3.79. The van der Waals surface area contributed by atoms with Gasteiger partial charge in [-0.2, -0.15) is 5.10 Å². The molecule has 1 aliphatic rings. The van der Waals surface area contributed by atoms with E-state index in [1.165, 1.54) is 4.52 Å². The number of allylic oxidation sites excluding steroid dienone is 4. The van der Waals surface area contributed by atoms with Crippen molar-refractivity contribution >= 4 is 32.7 Å². The van der Waals surface area contributed by atoms with Crippen LogP contribution in [0.3, 0.4) is 0 Å². The first-order chi connectivity index (χ1) is 13.8. The lowest BCUT2D eigenvalue weighted by Gasteiger charge is -2.12. The van der Waals surface area contributed by atoms with Crippen LogP contribution in [0.2, 0.25) is 0 Å². The predicted molar refractivity (Wildman–Crippen MR) is 114 cm³/mol. The van der Waals surface area contributed by atoms with E-state index in [2.05, 4.69) is 9.82 Å². The maximum atomic E-state index is 12.3. The number of benzene rings is 1. The highest BCUT2D eigenvalue weighted by Crippen LogP contribution is 2.34. The van der Waals surface area contributed by atoms with E-state index in [9.17, 15) is 13.2 Å². The molecule has 0 spiro atoms. The molecule has 1 amide bonds. The Kier molecular flexibility index (Phi) is 4.71. The van der Waals surface area contributed by atoms with Crippen LogP contribution < -0.4 is 10.5 Å². The van der Waals surface area contributed by atoms with Crippen LogP contribution in [0.1, 0.15) is 28.9 Å². The Bertz CT molecular complexity index is 1270. The van der Waals surface area contributed by atoms with Crippen molar-refractivity contribution < 1.29 is 13.2 Å². The first-order valence-electron chi connectivity index (χ1n) is 9.09. The molecule has 1 aromatic carbocycles. The zero-order valence-corrected chi connectivity index (χ0v) is 16.6. The Hall–Kier alpha value is -3.39. The number of hydrogen-bond acceptors (Lipinski definition) is 4. The van der Waals surface area contributed by atoms with Gasteiger partial charge in [0.05, 0.1) is 29.2 Å². The van der Waals surface area contributed by atoms with Gasteiger partial charge in [-0.3, -0.25) is 9.52 Å². The topological polar surface area (TPSA) is 107 Å². The van der Waals surface area contributed by atoms with Gasteiger partial charge < -0.3 is 5.73 Å². The molecule has 8 heteroatoms. The number of carbonyl (C=O) groups excluding carboxylic acids is 1. The standard InChI is InChI=1S/C21H20N4O3S/c1-29(27,28)24-17-13-25-18(12-16(17)14-8-4-2-5-9-14)19(21(22)26)20(23-25)15-10-6-3-7-11-15/h2-6,8-10,12-13,24H,7,11H2,1H3,(H2,22,26). The lowest BCUT2D eigenvalue weighted by atomic mass is 9.97. The second kappa shape index (κ2) is 7.21. The van der Waals surface area contributed by atoms with Gasteiger partial charge in [0, 0.05) is 5.56 Å². The van der Waals surface area contributed by atoms with Crippen LogP contribution in [0.25, 0.3) is 22.2 Å². The number of anilines is 1. The number of hydrogen-bond donors (Lipinski definition) is 2. The van der Waals surface area contributed by atoms with E-state index in [0.717, 1.165) is 30.2 Å². The summed E-state index contributed by atoms with van der Waals surface area (Å²) < 4.78 is 27.9. The number of carbonyl (C=O) groups is 1. The van der Waals surface area contributed by atoms with Crippen molar-refractivity contribution in [3.8, 4) is 11.1 Å². The Morgan fingerprint density at radius 1 is 1.24 bits per heavy atom. The summed E-state index contributed by atoms with van der Waals surface area (Å²) in [6.45, 7) is 0. The smallest absolute Gasteiger partial charge is 0.253 e. The van der Waals surface area contributed by atoms with Gasteiger partial charge in [0.1, 0.15) is 5.69 Å². The van der Waals surface area contributed by atoms with Crippen LogP contribution in [0.15, 0.2) is 60.8 Å². The third-order valence-electron chi connectivity index (χ3n) is 4.71. The van der Waals surface area contributed by atoms with Crippen LogP contribution in [0.5, 0.6) is 0 Å². The molecule has 2 aromatic heterocycles. The van der Waals surface area contributed by atoms with E-state index in [1.54, 1.807) is 12.3 Å². The van der Waals surface area contributed by atoms with Crippen molar-refractivity contribution in [2.75, 3.05) is 11.0 Å². The molecular formula is C21H20N4O3S. The summed E-state index contributed by atoms with van der Waals surface area (Å²) in [5.41, 5.74) is 9.82. The number of pyridine rings is 1. The lowest BCUT2D eigenvalue weighted by Crippen LogP contribution is -2.13. The van der Waals surface area contributed by atoms with Gasteiger partial charge >= 0.3 is 0 Å². The van der Waals surface area contributed by atoms with Gasteiger partial charge in [0.25, 0.3) is 5.91 Å². The summed E-state index contributed by atoms with van der Waals surface area (Å²) in [6, 6.07) is 11.1. The molecule has 0 saturated carbocycles. The molecule has 7 nitrogen and oxygen atoms in total. The number of primary amides is 1. The highest BCUT2D eigenvalue weighted by Gasteiger charge is 2.23. The monoisotopic (exact) mass is 408 g/mol. The van der Waals surface area contributed by atoms with Gasteiger partial charge in [0.15, 0.2) is 0 Å². The van der Waals surface area contributed by atoms with Gasteiger partial charge in [0.2, 0.25) is 10.0 Å². The number of aromatic nitrogens is 2. The van der Waals surface area contributed by atoms with E-state index in [-0.39, 0.29) is 0 Å². The fourth-order valence-electron chi connectivity index (χ4n) is 3.50. The lowest BCUT2D eigenvalue weighted by molar-refractivity contribution is 0.100. The molecule has 0 bridgehead atoms. The highest BCUT2D eigenvalue weighted by atomic mass is 32.2. The van der Waals surface area contributed by atoms with E-state index in [0.29, 0.717) is 28.0 Å². The van der Waals surface area contributed by atoms with Gasteiger partial charge in [-0.1, -0.05) is 48.6 Å². The van der Waals surface area contributed by atoms with Gasteiger partial charge in [-0.15, -0.1) is 0 Å². The summed E-state index contributed by atoms with van der Waals surface area (Å²) in [7, 11) is -3.52. The summed E-state index contributed by atoms with van der Waals surface area (Å²) in [6.07, 6.45) is 10.2. The maximum Gasteiger partial charge on any atom is 0.253 e. The van der Waals surface area contributed by atoms with E-state index < -0.39 is 15.9 Å². The molecule has 0 atom stereocenters. The summed E-state index contributed by atoms with van der Waals surface area (Å²) in [4.78, 5) is 12.3. The fourth-order valence-corrected chi connectivity index (χ4v) is 4.06. The van der Waals surface area contributed by atoms with Crippen LogP contribution in [-0.4, -0.2) is 30.2 Å². The molecule has 0 unspecified atom stereocenters. The first-order valence-corrected chi connectivity index (χ1v) is 11.0. The summed E-state index contributed by atoms with van der Waals surface area (Å²) in [5, 5.41) is 4.56. The zero-order valence-electron chi connectivity index (χ0n) is 15.8. The molecule has 0 saturated heterocycles. The SMILES string of the molecule is CS(=O)(=O)Nc1cn2nc(C3=CC=CCC3)c(C(N)=O)c2cc1-c1ccccc1. The van der Waals surface area contributed by atoms with Crippen molar-refractivity contribution in [1.82, 2.24) is 9.61 Å². The summed E-state index contributed by atoms with van der Waals surface area (Å²) >= 11 is 0. The third-order valence-corrected chi connectivity index (χ3v) is 5.31. The van der Waals surface area contributed by atoms with E-state index in [1.807, 2.05) is 48.6 Å². The van der Waals surface area contributed by atoms with Crippen LogP contribution in [0.4, 0.5) is 5.69 Å². The summed E-state index contributed by atoms with van der Waals surface area (Å²) in [5.74, 6) is -0.576. The van der Waals surface area contributed by atoms with Crippen LogP contribution >= 0.6 is 0 Å². The van der Waals surface area contributed by atoms with Crippen LogP contribution in [-0.2, 0) is 10.0 Å². The van der Waals surface area contributed by atoms with Crippen molar-refractivity contribution in [1.29, 1.82) is 0 Å². The average molecular weight is 408 g/mol. The quantitative estimate of drug-likeness (QED) is 0.676. The molecule has 29 heavy (non-hydrogen) atoms. The fraction of sp³-hybridized carbons (Fsp3) is 0.143. The number of nitrogens with two attached hydrogens (primary N) is 1. The first kappa shape index (κ1) is 18.9. The van der Waals surface area contributed by atoms with Gasteiger partial charge in [-0.05, 0) is 30.0 Å². The Morgan fingerprint density at radius 3 is 2.62 bits per heavy atom. The number of amides is 1. The molecule has 4 rings (SSSR count). The molecule has 3 N–H and O–H groups in total. The zero-order chi connectivity index (χ0) is 20.6. The van der Waals surface area contributed by atoms with Crippen molar-refractivity contribution in [2.45, 2.75) is 12.8 Å². The Labute approximate surface area is 168 Å². The molecule has 0 fully saturated rings. The second-order valence-corrected chi connectivity index (χ2v) is 8.67. The number of fused-ring (bicyclic) bond motifs is 1. The molecule has 1 aliphatic carbocycles. The van der Waals surface area contributed by atoms with E-state index >= 15 is 0 Å². The predicted octanol–water partition coefficient (Wildman–Crippen LogP) is 3.21. The molecule has 0 radical (unpaired) electrons. The minimum Gasteiger partial charge on any atom is -0.365 e. The molecule has 2 heterocycles. The number of nitrogens with one attached hydrogen (secondary N) is 1. The molecule has 148 valence electrons. The molecular weight excluding hydrogens is 388 g/mol. The normalized spacial score (nSPS) is 14.0. The van der Waals surface area contributed by atoms with Crippen molar-refractivity contribution in [3.05, 3.63) is 72.1 Å². The van der Waals surface area contributed by atoms with Crippen LogP contribution in [0, 0.1) is 0 Å². The van der Waals surface area contributed by atoms with E-state index in [4.69, 9.17) is 5.73 Å². The number of nitrogens with zero attached hydrogens (tertiary/aromatic N) is 2. The van der Waals surface area contributed by atoms with Crippen molar-refractivity contribution in [2.24, 2.45) is 5.73 Å². The highest BCUT2D eigenvalue weighted by molar-refractivity contribution is 7.92. The van der Waals surface area contributed by atoms with Gasteiger partial charge in [-0.25, -0.2) is 12.9 Å². The Balaban J connectivity index is 2.02. The minimum absolute atomic E-state index is 0.328. The Morgan fingerprint density at radius 2 is 2.00 bits per heavy atom. The number of rotatable bonds is 5. The number of sulfonamides is 1. The minimum atomic E-state index is -3.52. The van der Waals surface area contributed by atoms with Crippen molar-refractivity contribution in [3.63, 3.8) is 0 Å². The molecule has 3 aromatic rings. The molecule has 0 aliphatic heterocycles. The maximum absolute atomic E-state index is 12.3. The second-order valence-electron chi connectivity index (χ2n) is 6.92. The largest absolute Gasteiger partial charge is 0.365 e.